The molecule has 5 heteroatoms. The first kappa shape index (κ1) is 17.7. The summed E-state index contributed by atoms with van der Waals surface area (Å²) in [7, 11) is -3.44. The van der Waals surface area contributed by atoms with Gasteiger partial charge in [0.2, 0.25) is 0 Å². The second-order valence-corrected chi connectivity index (χ2v) is 7.97. The molecule has 124 valence electrons. The Morgan fingerprint density at radius 1 is 1.09 bits per heavy atom. The van der Waals surface area contributed by atoms with Crippen LogP contribution in [0.1, 0.15) is 57.2 Å². The molecule has 1 aliphatic carbocycles. The van der Waals surface area contributed by atoms with Crippen LogP contribution in [0.5, 0.6) is 0 Å². The van der Waals surface area contributed by atoms with Crippen LogP contribution in [0.25, 0.3) is 0 Å². The lowest BCUT2D eigenvalue weighted by atomic mass is 9.80. The summed E-state index contributed by atoms with van der Waals surface area (Å²) in [4.78, 5) is 0. The first-order valence-corrected chi connectivity index (χ1v) is 9.83. The molecule has 0 radical (unpaired) electrons. The summed E-state index contributed by atoms with van der Waals surface area (Å²) in [5.74, 6) is 0. The molecule has 1 aromatic carbocycles. The fraction of sp³-hybridized carbons (Fsp3) is 0.647. The van der Waals surface area contributed by atoms with Crippen molar-refractivity contribution >= 4 is 7.60 Å². The van der Waals surface area contributed by atoms with E-state index in [9.17, 15) is 9.67 Å². The van der Waals surface area contributed by atoms with E-state index >= 15 is 0 Å². The Hall–Kier alpha value is -0.670. The van der Waals surface area contributed by atoms with E-state index in [1.54, 1.807) is 13.8 Å². The van der Waals surface area contributed by atoms with Crippen molar-refractivity contribution in [2.75, 3.05) is 13.2 Å². The van der Waals surface area contributed by atoms with Crippen molar-refractivity contribution in [1.29, 1.82) is 0 Å². The minimum atomic E-state index is -3.44. The molecule has 0 unspecified atom stereocenters. The monoisotopic (exact) mass is 326 g/mol. The van der Waals surface area contributed by atoms with Crippen LogP contribution in [0.2, 0.25) is 0 Å². The van der Waals surface area contributed by atoms with Crippen LogP contribution >= 0.6 is 7.60 Å². The highest BCUT2D eigenvalue weighted by Gasteiger charge is 2.51. The van der Waals surface area contributed by atoms with Gasteiger partial charge in [0.05, 0.1) is 18.8 Å². The van der Waals surface area contributed by atoms with Crippen LogP contribution in [0, 0.1) is 0 Å². The normalized spacial score (nSPS) is 19.8. The van der Waals surface area contributed by atoms with Gasteiger partial charge in [-0.2, -0.15) is 0 Å². The van der Waals surface area contributed by atoms with Gasteiger partial charge in [0, 0.05) is 0 Å². The molecule has 0 heterocycles. The van der Waals surface area contributed by atoms with Crippen molar-refractivity contribution in [3.05, 3.63) is 35.9 Å². The average Bonchev–Trinajstić information content (AvgIpc) is 2.49. The number of benzene rings is 1. The van der Waals surface area contributed by atoms with Gasteiger partial charge in [-0.15, -0.1) is 0 Å². The van der Waals surface area contributed by atoms with E-state index in [1.165, 1.54) is 0 Å². The van der Waals surface area contributed by atoms with Crippen LogP contribution in [-0.2, 0) is 13.6 Å². The van der Waals surface area contributed by atoms with E-state index in [0.717, 1.165) is 24.8 Å². The van der Waals surface area contributed by atoms with Gasteiger partial charge in [-0.1, -0.05) is 49.6 Å². The van der Waals surface area contributed by atoms with Gasteiger partial charge in [0.1, 0.15) is 5.66 Å². The van der Waals surface area contributed by atoms with Crippen molar-refractivity contribution in [2.24, 2.45) is 0 Å². The molecule has 1 atom stereocenters. The average molecular weight is 326 g/mol. The van der Waals surface area contributed by atoms with Crippen LogP contribution in [0.15, 0.2) is 30.3 Å². The van der Waals surface area contributed by atoms with Crippen molar-refractivity contribution < 1.29 is 18.7 Å². The summed E-state index contributed by atoms with van der Waals surface area (Å²) < 4.78 is 24.6. The number of hydrogen-bond acceptors (Lipinski definition) is 4. The van der Waals surface area contributed by atoms with E-state index in [4.69, 9.17) is 9.05 Å². The molecular formula is C17H27O4P. The standard InChI is InChI=1S/C17H27O4P/c1-3-20-22(19,21-4-2)16(15-11-7-5-8-12-15)17(18)13-9-6-10-14-17/h5,7-8,11-12,16,18H,3-4,6,9-10,13-14H2,1-2H3/t16-/m0/s1. The molecule has 2 rings (SSSR count). The smallest absolute Gasteiger partial charge is 0.340 e. The zero-order valence-corrected chi connectivity index (χ0v) is 14.4. The van der Waals surface area contributed by atoms with Crippen molar-refractivity contribution in [2.45, 2.75) is 57.2 Å². The first-order chi connectivity index (χ1) is 10.6. The number of rotatable bonds is 7. The molecule has 1 fully saturated rings. The van der Waals surface area contributed by atoms with E-state index in [2.05, 4.69) is 0 Å². The zero-order chi connectivity index (χ0) is 16.1. The fourth-order valence-electron chi connectivity index (χ4n) is 3.41. The number of aliphatic hydroxyl groups is 1. The molecule has 0 saturated heterocycles. The maximum Gasteiger partial charge on any atom is 0.340 e. The summed E-state index contributed by atoms with van der Waals surface area (Å²) in [6.45, 7) is 4.21. The van der Waals surface area contributed by atoms with Crippen LogP contribution in [-0.4, -0.2) is 23.9 Å². The van der Waals surface area contributed by atoms with Gasteiger partial charge in [-0.05, 0) is 32.3 Å². The minimum Gasteiger partial charge on any atom is -0.389 e. The van der Waals surface area contributed by atoms with E-state index in [0.29, 0.717) is 26.1 Å². The predicted molar refractivity (Wildman–Crippen MR) is 88.1 cm³/mol. The molecule has 1 saturated carbocycles. The van der Waals surface area contributed by atoms with Gasteiger partial charge in [0.25, 0.3) is 0 Å². The molecule has 0 aromatic heterocycles. The van der Waals surface area contributed by atoms with E-state index in [1.807, 2.05) is 30.3 Å². The van der Waals surface area contributed by atoms with E-state index < -0.39 is 18.9 Å². The maximum absolute atomic E-state index is 13.4. The summed E-state index contributed by atoms with van der Waals surface area (Å²) in [5, 5.41) is 11.2. The maximum atomic E-state index is 13.4. The molecule has 0 amide bonds. The molecule has 22 heavy (non-hydrogen) atoms. The lowest BCUT2D eigenvalue weighted by Gasteiger charge is -2.41. The third-order valence-electron chi connectivity index (χ3n) is 4.28. The third kappa shape index (κ3) is 3.80. The van der Waals surface area contributed by atoms with E-state index in [-0.39, 0.29) is 0 Å². The highest BCUT2D eigenvalue weighted by molar-refractivity contribution is 7.54. The van der Waals surface area contributed by atoms with Crippen molar-refractivity contribution in [3.8, 4) is 0 Å². The second-order valence-electron chi connectivity index (χ2n) is 5.85. The summed E-state index contributed by atoms with van der Waals surface area (Å²) in [5.41, 5.74) is -0.821. The molecule has 4 nitrogen and oxygen atoms in total. The lowest BCUT2D eigenvalue weighted by Crippen LogP contribution is -2.39. The second kappa shape index (κ2) is 7.74. The van der Waals surface area contributed by atoms with Gasteiger partial charge in [-0.25, -0.2) is 0 Å². The quantitative estimate of drug-likeness (QED) is 0.739. The molecule has 0 bridgehead atoms. The molecule has 0 spiro atoms. The minimum absolute atomic E-state index is 0.302. The van der Waals surface area contributed by atoms with Crippen LogP contribution in [0.3, 0.4) is 0 Å². The Kier molecular flexibility index (Phi) is 6.22. The summed E-state index contributed by atoms with van der Waals surface area (Å²) >= 11 is 0. The topological polar surface area (TPSA) is 55.8 Å². The Morgan fingerprint density at radius 2 is 1.64 bits per heavy atom. The molecule has 1 aromatic rings. The first-order valence-electron chi connectivity index (χ1n) is 8.22. The third-order valence-corrected chi connectivity index (χ3v) is 6.93. The molecule has 1 aliphatic rings. The number of hydrogen-bond donors (Lipinski definition) is 1. The largest absolute Gasteiger partial charge is 0.389 e. The van der Waals surface area contributed by atoms with Crippen LogP contribution in [0.4, 0.5) is 0 Å². The molecule has 1 N–H and O–H groups in total. The van der Waals surface area contributed by atoms with Gasteiger partial charge in [0.15, 0.2) is 0 Å². The predicted octanol–water partition coefficient (Wildman–Crippen LogP) is 4.69. The Morgan fingerprint density at radius 3 is 2.14 bits per heavy atom. The lowest BCUT2D eigenvalue weighted by molar-refractivity contribution is -0.00959. The fourth-order valence-corrected chi connectivity index (χ4v) is 5.88. The highest BCUT2D eigenvalue weighted by atomic mass is 31.2. The SMILES string of the molecule is CCOP(=O)(OCC)[C@@H](c1ccccc1)C1(O)CCCCC1. The van der Waals surface area contributed by atoms with Gasteiger partial charge in [-0.3, -0.25) is 4.57 Å². The summed E-state index contributed by atoms with van der Waals surface area (Å²) in [6.07, 6.45) is 4.26. The molecular weight excluding hydrogens is 299 g/mol. The Labute approximate surface area is 133 Å². The molecule has 0 aliphatic heterocycles. The Balaban J connectivity index is 2.47. The highest BCUT2D eigenvalue weighted by Crippen LogP contribution is 2.66. The van der Waals surface area contributed by atoms with Crippen molar-refractivity contribution in [3.63, 3.8) is 0 Å². The van der Waals surface area contributed by atoms with Gasteiger partial charge >= 0.3 is 7.60 Å². The van der Waals surface area contributed by atoms with Crippen LogP contribution < -0.4 is 0 Å². The zero-order valence-electron chi connectivity index (χ0n) is 13.5. The summed E-state index contributed by atoms with van der Waals surface area (Å²) in [6, 6.07) is 9.52. The Bertz CT molecular complexity index is 487. The van der Waals surface area contributed by atoms with Crippen molar-refractivity contribution in [1.82, 2.24) is 0 Å². The van der Waals surface area contributed by atoms with Gasteiger partial charge < -0.3 is 14.2 Å².